The first-order valence-electron chi connectivity index (χ1n) is 10.7. The maximum Gasteiger partial charge on any atom is 0.306 e. The molecule has 164 valence electrons. The molecule has 0 spiro atoms. The maximum atomic E-state index is 12.0. The van der Waals surface area contributed by atoms with Crippen LogP contribution in [0.2, 0.25) is 0 Å². The molecule has 4 aromatic rings. The smallest absolute Gasteiger partial charge is 0.306 e. The van der Waals surface area contributed by atoms with E-state index in [4.69, 9.17) is 9.47 Å². The van der Waals surface area contributed by atoms with Crippen LogP contribution in [0.1, 0.15) is 24.6 Å². The number of carbonyl (C=O) groups is 1. The summed E-state index contributed by atoms with van der Waals surface area (Å²) in [6.07, 6.45) is 4.50. The lowest BCUT2D eigenvalue weighted by atomic mass is 10.1. The van der Waals surface area contributed by atoms with Crippen molar-refractivity contribution in [2.24, 2.45) is 0 Å². The van der Waals surface area contributed by atoms with E-state index >= 15 is 0 Å². The van der Waals surface area contributed by atoms with E-state index in [9.17, 15) is 4.79 Å². The topological polar surface area (TPSA) is 69.1 Å². The number of carbonyl (C=O) groups excluding carboxylic acids is 1. The number of rotatable bonds is 8. The zero-order valence-electron chi connectivity index (χ0n) is 18.6. The van der Waals surface area contributed by atoms with Crippen molar-refractivity contribution in [3.05, 3.63) is 78.2 Å². The van der Waals surface area contributed by atoms with Crippen molar-refractivity contribution in [1.29, 1.82) is 0 Å². The number of methoxy groups -OCH3 is 1. The van der Waals surface area contributed by atoms with E-state index in [2.05, 4.69) is 51.8 Å². The van der Waals surface area contributed by atoms with Gasteiger partial charge in [0.1, 0.15) is 11.6 Å². The van der Waals surface area contributed by atoms with Gasteiger partial charge in [-0.2, -0.15) is 0 Å². The van der Waals surface area contributed by atoms with Crippen molar-refractivity contribution < 1.29 is 14.3 Å². The van der Waals surface area contributed by atoms with Gasteiger partial charge in [0.25, 0.3) is 0 Å². The molecule has 0 amide bonds. The summed E-state index contributed by atoms with van der Waals surface area (Å²) in [6.45, 7) is 4.31. The van der Waals surface area contributed by atoms with Crippen molar-refractivity contribution in [2.45, 2.75) is 26.7 Å². The normalized spacial score (nSPS) is 10.8. The third-order valence-electron chi connectivity index (χ3n) is 5.45. The molecule has 6 heteroatoms. The molecule has 2 heterocycles. The van der Waals surface area contributed by atoms with Crippen LogP contribution in [-0.2, 0) is 16.0 Å². The first-order chi connectivity index (χ1) is 15.6. The van der Waals surface area contributed by atoms with Crippen LogP contribution < -0.4 is 4.74 Å². The number of nitrogens with zero attached hydrogens (tertiary/aromatic N) is 2. The zero-order valence-corrected chi connectivity index (χ0v) is 18.6. The van der Waals surface area contributed by atoms with Gasteiger partial charge in [0.05, 0.1) is 25.8 Å². The molecular weight excluding hydrogens is 402 g/mol. The number of esters is 1. The van der Waals surface area contributed by atoms with Crippen molar-refractivity contribution >= 4 is 5.97 Å². The third-order valence-corrected chi connectivity index (χ3v) is 5.45. The van der Waals surface area contributed by atoms with Crippen LogP contribution in [0.15, 0.2) is 67.0 Å². The Morgan fingerprint density at radius 3 is 2.50 bits per heavy atom. The molecule has 0 saturated heterocycles. The van der Waals surface area contributed by atoms with Gasteiger partial charge in [-0.25, -0.2) is 4.98 Å². The number of nitrogens with one attached hydrogen (secondary N) is 1. The minimum absolute atomic E-state index is 0.184. The summed E-state index contributed by atoms with van der Waals surface area (Å²) in [5.41, 5.74) is 6.39. The number of aryl methyl sites for hydroxylation is 2. The average Bonchev–Trinajstić information content (AvgIpc) is 3.48. The largest absolute Gasteiger partial charge is 0.497 e. The second-order valence-electron chi connectivity index (χ2n) is 7.52. The van der Waals surface area contributed by atoms with Crippen LogP contribution >= 0.6 is 0 Å². The fourth-order valence-electron chi connectivity index (χ4n) is 3.89. The fraction of sp³-hybridized carbons (Fsp3) is 0.231. The van der Waals surface area contributed by atoms with Crippen LogP contribution in [-0.4, -0.2) is 34.2 Å². The standard InChI is InChI=1S/C26H27N3O3/c1-4-32-25(30)14-9-21-8-13-24(19-5-10-22(31-3)11-6-19)29(21)23-12-7-20(17-18(23)2)26-27-15-16-28-26/h5-8,10-13,15-17H,4,9,14H2,1-3H3,(H,27,28). The highest BCUT2D eigenvalue weighted by molar-refractivity contribution is 5.71. The molecule has 0 saturated carbocycles. The van der Waals surface area contributed by atoms with Crippen molar-refractivity contribution in [3.8, 4) is 34.1 Å². The molecule has 0 aliphatic heterocycles. The summed E-state index contributed by atoms with van der Waals surface area (Å²) < 4.78 is 12.7. The highest BCUT2D eigenvalue weighted by Crippen LogP contribution is 2.31. The molecule has 0 aliphatic carbocycles. The lowest BCUT2D eigenvalue weighted by Gasteiger charge is -2.17. The van der Waals surface area contributed by atoms with Crippen LogP contribution in [0.4, 0.5) is 0 Å². The second-order valence-corrected chi connectivity index (χ2v) is 7.52. The van der Waals surface area contributed by atoms with Gasteiger partial charge in [0.15, 0.2) is 0 Å². The number of aromatic amines is 1. The highest BCUT2D eigenvalue weighted by atomic mass is 16.5. The SMILES string of the molecule is CCOC(=O)CCc1ccc(-c2ccc(OC)cc2)n1-c1ccc(-c2ncc[nH]2)cc1C. The van der Waals surface area contributed by atoms with E-state index < -0.39 is 0 Å². The molecule has 6 nitrogen and oxygen atoms in total. The summed E-state index contributed by atoms with van der Waals surface area (Å²) >= 11 is 0. The van der Waals surface area contributed by atoms with Crippen LogP contribution in [0.5, 0.6) is 5.75 Å². The first kappa shape index (κ1) is 21.4. The number of hydrogen-bond acceptors (Lipinski definition) is 4. The van der Waals surface area contributed by atoms with E-state index in [1.54, 1.807) is 13.3 Å². The number of H-pyrrole nitrogens is 1. The number of hydrogen-bond donors (Lipinski definition) is 1. The van der Waals surface area contributed by atoms with E-state index in [0.29, 0.717) is 19.4 Å². The Morgan fingerprint density at radius 1 is 1.06 bits per heavy atom. The van der Waals surface area contributed by atoms with Gasteiger partial charge >= 0.3 is 5.97 Å². The molecular formula is C26H27N3O3. The van der Waals surface area contributed by atoms with Crippen molar-refractivity contribution in [3.63, 3.8) is 0 Å². The lowest BCUT2D eigenvalue weighted by molar-refractivity contribution is -0.143. The van der Waals surface area contributed by atoms with Gasteiger partial charge in [-0.1, -0.05) is 0 Å². The maximum absolute atomic E-state index is 12.0. The van der Waals surface area contributed by atoms with Crippen molar-refractivity contribution in [1.82, 2.24) is 14.5 Å². The molecule has 2 aromatic heterocycles. The molecule has 0 bridgehead atoms. The zero-order chi connectivity index (χ0) is 22.5. The number of benzene rings is 2. The third kappa shape index (κ3) is 4.44. The van der Waals surface area contributed by atoms with E-state index in [0.717, 1.165) is 45.3 Å². The minimum atomic E-state index is -0.184. The molecule has 4 rings (SSSR count). The van der Waals surface area contributed by atoms with Crippen LogP contribution in [0.25, 0.3) is 28.3 Å². The monoisotopic (exact) mass is 429 g/mol. The molecule has 0 atom stereocenters. The molecule has 0 unspecified atom stereocenters. The summed E-state index contributed by atoms with van der Waals surface area (Å²) in [5, 5.41) is 0. The molecule has 0 fully saturated rings. The summed E-state index contributed by atoms with van der Waals surface area (Å²) in [5.74, 6) is 1.47. The number of aromatic nitrogens is 3. The summed E-state index contributed by atoms with van der Waals surface area (Å²) in [4.78, 5) is 19.5. The van der Waals surface area contributed by atoms with Crippen LogP contribution in [0, 0.1) is 6.92 Å². The van der Waals surface area contributed by atoms with Gasteiger partial charge < -0.3 is 19.0 Å². The number of imidazole rings is 1. The molecule has 1 N–H and O–H groups in total. The highest BCUT2D eigenvalue weighted by Gasteiger charge is 2.16. The average molecular weight is 430 g/mol. The van der Waals surface area contributed by atoms with Gasteiger partial charge in [-0.05, 0) is 86.0 Å². The lowest BCUT2D eigenvalue weighted by Crippen LogP contribution is -2.09. The predicted molar refractivity (Wildman–Crippen MR) is 125 cm³/mol. The van der Waals surface area contributed by atoms with Gasteiger partial charge in [-0.3, -0.25) is 4.79 Å². The number of ether oxygens (including phenoxy) is 2. The Labute approximate surface area is 187 Å². The second kappa shape index (κ2) is 9.56. The Hall–Kier alpha value is -3.80. The molecule has 2 aromatic carbocycles. The summed E-state index contributed by atoms with van der Waals surface area (Å²) in [6, 6.07) is 18.5. The van der Waals surface area contributed by atoms with Crippen LogP contribution in [0.3, 0.4) is 0 Å². The fourth-order valence-corrected chi connectivity index (χ4v) is 3.89. The van der Waals surface area contributed by atoms with Crippen molar-refractivity contribution in [2.75, 3.05) is 13.7 Å². The summed E-state index contributed by atoms with van der Waals surface area (Å²) in [7, 11) is 1.66. The molecule has 0 aliphatic rings. The predicted octanol–water partition coefficient (Wildman–Crippen LogP) is 5.35. The molecule has 32 heavy (non-hydrogen) atoms. The van der Waals surface area contributed by atoms with Gasteiger partial charge in [0.2, 0.25) is 0 Å². The molecule has 0 radical (unpaired) electrons. The first-order valence-corrected chi connectivity index (χ1v) is 10.7. The minimum Gasteiger partial charge on any atom is -0.497 e. The quantitative estimate of drug-likeness (QED) is 0.384. The van der Waals surface area contributed by atoms with Gasteiger partial charge in [0, 0.05) is 29.3 Å². The Bertz CT molecular complexity index is 1190. The Morgan fingerprint density at radius 2 is 1.84 bits per heavy atom. The van der Waals surface area contributed by atoms with E-state index in [-0.39, 0.29) is 5.97 Å². The van der Waals surface area contributed by atoms with Gasteiger partial charge in [-0.15, -0.1) is 0 Å². The Balaban J connectivity index is 1.76. The van der Waals surface area contributed by atoms with E-state index in [1.807, 2.05) is 37.4 Å². The Kier molecular flexibility index (Phi) is 6.40. The van der Waals surface area contributed by atoms with E-state index in [1.165, 1.54) is 0 Å².